The Balaban J connectivity index is 1.49. The van der Waals surface area contributed by atoms with E-state index >= 15 is 0 Å². The summed E-state index contributed by atoms with van der Waals surface area (Å²) in [5.74, 6) is 0.509. The van der Waals surface area contributed by atoms with E-state index in [4.69, 9.17) is 14.2 Å². The van der Waals surface area contributed by atoms with E-state index in [0.29, 0.717) is 17.2 Å². The van der Waals surface area contributed by atoms with Crippen LogP contribution >= 0.6 is 11.8 Å². The van der Waals surface area contributed by atoms with Crippen molar-refractivity contribution in [2.45, 2.75) is 24.8 Å². The largest absolute Gasteiger partial charge is 0.454 e. The standard InChI is InChI=1S/C19H19NO5S/c1-12-5-3-4-6-17(12)26-10-18(21)25-13(2)19(22)20-14-7-8-15-16(9-14)24-11-23-15/h3-9,13H,10-11H2,1-2H3,(H,20,22)/t13-/m0/s1. The number of benzene rings is 2. The fourth-order valence-electron chi connectivity index (χ4n) is 2.36. The molecular weight excluding hydrogens is 354 g/mol. The summed E-state index contributed by atoms with van der Waals surface area (Å²) >= 11 is 1.39. The molecule has 136 valence electrons. The van der Waals surface area contributed by atoms with E-state index in [9.17, 15) is 9.59 Å². The molecule has 0 spiro atoms. The van der Waals surface area contributed by atoms with Gasteiger partial charge in [0, 0.05) is 16.6 Å². The molecule has 26 heavy (non-hydrogen) atoms. The van der Waals surface area contributed by atoms with Gasteiger partial charge in [-0.1, -0.05) is 18.2 Å². The van der Waals surface area contributed by atoms with Crippen LogP contribution in [0, 0.1) is 6.92 Å². The Labute approximate surface area is 155 Å². The minimum absolute atomic E-state index is 0.145. The Kier molecular flexibility index (Phi) is 5.68. The highest BCUT2D eigenvalue weighted by Crippen LogP contribution is 2.34. The second kappa shape index (κ2) is 8.14. The zero-order valence-corrected chi connectivity index (χ0v) is 15.3. The molecule has 0 aliphatic carbocycles. The number of hydrogen-bond acceptors (Lipinski definition) is 6. The van der Waals surface area contributed by atoms with Crippen molar-refractivity contribution in [3.63, 3.8) is 0 Å². The molecule has 6 nitrogen and oxygen atoms in total. The second-order valence-electron chi connectivity index (χ2n) is 5.74. The van der Waals surface area contributed by atoms with Crippen molar-refractivity contribution >= 4 is 29.3 Å². The number of nitrogens with one attached hydrogen (secondary N) is 1. The Bertz CT molecular complexity index is 823. The molecule has 0 radical (unpaired) electrons. The number of ether oxygens (including phenoxy) is 3. The van der Waals surface area contributed by atoms with Gasteiger partial charge >= 0.3 is 5.97 Å². The van der Waals surface area contributed by atoms with Gasteiger partial charge in [-0.2, -0.15) is 0 Å². The van der Waals surface area contributed by atoms with Gasteiger partial charge in [-0.3, -0.25) is 9.59 Å². The first-order valence-corrected chi connectivity index (χ1v) is 9.10. The first-order chi connectivity index (χ1) is 12.5. The number of hydrogen-bond donors (Lipinski definition) is 1. The molecule has 0 aromatic heterocycles. The van der Waals surface area contributed by atoms with Gasteiger partial charge in [-0.25, -0.2) is 0 Å². The summed E-state index contributed by atoms with van der Waals surface area (Å²) < 4.78 is 15.7. The number of rotatable bonds is 6. The number of carbonyl (C=O) groups is 2. The predicted molar refractivity (Wildman–Crippen MR) is 98.7 cm³/mol. The Morgan fingerprint density at radius 3 is 2.77 bits per heavy atom. The normalized spacial score (nSPS) is 13.2. The lowest BCUT2D eigenvalue weighted by Crippen LogP contribution is -2.30. The minimum Gasteiger partial charge on any atom is -0.454 e. The van der Waals surface area contributed by atoms with Gasteiger partial charge in [-0.05, 0) is 37.6 Å². The molecule has 7 heteroatoms. The predicted octanol–water partition coefficient (Wildman–Crippen LogP) is 3.39. The van der Waals surface area contributed by atoms with Crippen molar-refractivity contribution in [1.82, 2.24) is 0 Å². The molecular formula is C19H19NO5S. The van der Waals surface area contributed by atoms with Crippen LogP contribution in [0.25, 0.3) is 0 Å². The number of aryl methyl sites for hydroxylation is 1. The van der Waals surface area contributed by atoms with Crippen LogP contribution in [0.2, 0.25) is 0 Å². The number of fused-ring (bicyclic) bond motifs is 1. The van der Waals surface area contributed by atoms with E-state index in [1.165, 1.54) is 11.8 Å². The van der Waals surface area contributed by atoms with Crippen LogP contribution in [0.1, 0.15) is 12.5 Å². The third-order valence-corrected chi connectivity index (χ3v) is 4.91. The number of amides is 1. The summed E-state index contributed by atoms with van der Waals surface area (Å²) in [5.41, 5.74) is 1.65. The summed E-state index contributed by atoms with van der Waals surface area (Å²) in [6.07, 6.45) is -0.898. The highest BCUT2D eigenvalue weighted by atomic mass is 32.2. The monoisotopic (exact) mass is 373 g/mol. The Morgan fingerprint density at radius 2 is 1.96 bits per heavy atom. The number of anilines is 1. The maximum Gasteiger partial charge on any atom is 0.317 e. The number of carbonyl (C=O) groups excluding carboxylic acids is 2. The molecule has 1 heterocycles. The van der Waals surface area contributed by atoms with Gasteiger partial charge in [0.25, 0.3) is 5.91 Å². The molecule has 1 atom stereocenters. The average Bonchev–Trinajstić information content (AvgIpc) is 3.08. The summed E-state index contributed by atoms with van der Waals surface area (Å²) in [7, 11) is 0. The quantitative estimate of drug-likeness (QED) is 0.618. The van der Waals surface area contributed by atoms with Gasteiger partial charge in [0.2, 0.25) is 6.79 Å². The van der Waals surface area contributed by atoms with E-state index in [1.807, 2.05) is 31.2 Å². The summed E-state index contributed by atoms with van der Waals surface area (Å²) in [6, 6.07) is 12.9. The molecule has 2 aromatic carbocycles. The highest BCUT2D eigenvalue weighted by molar-refractivity contribution is 8.00. The van der Waals surface area contributed by atoms with Crippen molar-refractivity contribution in [2.24, 2.45) is 0 Å². The van der Waals surface area contributed by atoms with Crippen LogP contribution in [0.4, 0.5) is 5.69 Å². The van der Waals surface area contributed by atoms with Crippen molar-refractivity contribution < 1.29 is 23.8 Å². The zero-order chi connectivity index (χ0) is 18.5. The lowest BCUT2D eigenvalue weighted by Gasteiger charge is -2.14. The average molecular weight is 373 g/mol. The van der Waals surface area contributed by atoms with Gasteiger partial charge in [0.05, 0.1) is 5.75 Å². The topological polar surface area (TPSA) is 73.9 Å². The third-order valence-electron chi connectivity index (χ3n) is 3.76. The summed E-state index contributed by atoms with van der Waals surface area (Å²) in [6.45, 7) is 3.69. The van der Waals surface area contributed by atoms with Crippen molar-refractivity contribution in [1.29, 1.82) is 0 Å². The van der Waals surface area contributed by atoms with Crippen LogP contribution in [0.15, 0.2) is 47.4 Å². The van der Waals surface area contributed by atoms with Gasteiger partial charge in [0.15, 0.2) is 17.6 Å². The molecule has 1 aliphatic rings. The third kappa shape index (κ3) is 4.49. The van der Waals surface area contributed by atoms with E-state index in [0.717, 1.165) is 10.5 Å². The smallest absolute Gasteiger partial charge is 0.317 e. The van der Waals surface area contributed by atoms with Crippen molar-refractivity contribution in [3.8, 4) is 11.5 Å². The van der Waals surface area contributed by atoms with Crippen molar-refractivity contribution in [3.05, 3.63) is 48.0 Å². The fraction of sp³-hybridized carbons (Fsp3) is 0.263. The van der Waals surface area contributed by atoms with E-state index in [-0.39, 0.29) is 12.5 Å². The van der Waals surface area contributed by atoms with Gasteiger partial charge in [-0.15, -0.1) is 11.8 Å². The molecule has 3 rings (SSSR count). The first-order valence-electron chi connectivity index (χ1n) is 8.11. The zero-order valence-electron chi connectivity index (χ0n) is 14.5. The molecule has 1 aliphatic heterocycles. The molecule has 0 saturated carbocycles. The molecule has 0 bridgehead atoms. The molecule has 1 amide bonds. The van der Waals surface area contributed by atoms with Gasteiger partial charge in [0.1, 0.15) is 0 Å². The lowest BCUT2D eigenvalue weighted by molar-refractivity contribution is -0.150. The van der Waals surface area contributed by atoms with Crippen molar-refractivity contribution in [2.75, 3.05) is 17.9 Å². The molecule has 0 unspecified atom stereocenters. The van der Waals surface area contributed by atoms with Crippen LogP contribution < -0.4 is 14.8 Å². The van der Waals surface area contributed by atoms with E-state index < -0.39 is 18.0 Å². The Morgan fingerprint density at radius 1 is 1.19 bits per heavy atom. The maximum absolute atomic E-state index is 12.2. The summed E-state index contributed by atoms with van der Waals surface area (Å²) in [5, 5.41) is 2.70. The van der Waals surface area contributed by atoms with Crippen LogP contribution in [-0.2, 0) is 14.3 Å². The van der Waals surface area contributed by atoms with Crippen LogP contribution in [0.3, 0.4) is 0 Å². The number of thioether (sulfide) groups is 1. The number of esters is 1. The maximum atomic E-state index is 12.2. The molecule has 0 saturated heterocycles. The molecule has 1 N–H and O–H groups in total. The molecule has 0 fully saturated rings. The van der Waals surface area contributed by atoms with Crippen LogP contribution in [0.5, 0.6) is 11.5 Å². The van der Waals surface area contributed by atoms with E-state index in [2.05, 4.69) is 5.32 Å². The SMILES string of the molecule is Cc1ccccc1SCC(=O)O[C@@H](C)C(=O)Nc1ccc2c(c1)OCO2. The summed E-state index contributed by atoms with van der Waals surface area (Å²) in [4.78, 5) is 25.2. The van der Waals surface area contributed by atoms with E-state index in [1.54, 1.807) is 25.1 Å². The molecule has 2 aromatic rings. The fourth-order valence-corrected chi connectivity index (χ4v) is 3.17. The highest BCUT2D eigenvalue weighted by Gasteiger charge is 2.20. The minimum atomic E-state index is -0.898. The lowest BCUT2D eigenvalue weighted by atomic mass is 10.2. The van der Waals surface area contributed by atoms with Gasteiger partial charge < -0.3 is 19.5 Å². The second-order valence-corrected chi connectivity index (χ2v) is 6.76. The Hall–Kier alpha value is -2.67. The first kappa shape index (κ1) is 18.1. The van der Waals surface area contributed by atoms with Crippen LogP contribution in [-0.4, -0.2) is 30.5 Å².